The number of hydrogen-bond donors (Lipinski definition) is 1. The highest BCUT2D eigenvalue weighted by Gasteiger charge is 2.43. The van der Waals surface area contributed by atoms with Gasteiger partial charge >= 0.3 is 0 Å². The van der Waals surface area contributed by atoms with Gasteiger partial charge < -0.3 is 10.0 Å². The molecule has 1 aromatic rings. The van der Waals surface area contributed by atoms with E-state index in [9.17, 15) is 9.90 Å². The molecule has 3 nitrogen and oxygen atoms in total. The van der Waals surface area contributed by atoms with Gasteiger partial charge in [0.15, 0.2) is 0 Å². The first-order valence-corrected chi connectivity index (χ1v) is 5.79. The van der Waals surface area contributed by atoms with Gasteiger partial charge in [-0.1, -0.05) is 12.1 Å². The van der Waals surface area contributed by atoms with Crippen molar-refractivity contribution in [3.05, 3.63) is 29.8 Å². The van der Waals surface area contributed by atoms with Crippen LogP contribution in [0.3, 0.4) is 0 Å². The number of hydrogen-bond acceptors (Lipinski definition) is 2. The lowest BCUT2D eigenvalue weighted by Gasteiger charge is -2.46. The van der Waals surface area contributed by atoms with Crippen LogP contribution in [0.1, 0.15) is 18.4 Å². The zero-order valence-corrected chi connectivity index (χ0v) is 9.10. The number of benzene rings is 1. The SMILES string of the molecule is O=C1C2CC(C2)CN1Cc1ccc(O)cc1. The molecule has 16 heavy (non-hydrogen) atoms. The Morgan fingerprint density at radius 2 is 1.94 bits per heavy atom. The maximum Gasteiger partial charge on any atom is 0.226 e. The van der Waals surface area contributed by atoms with Gasteiger partial charge in [0, 0.05) is 19.0 Å². The molecule has 0 unspecified atom stereocenters. The van der Waals surface area contributed by atoms with Crippen LogP contribution in [0.4, 0.5) is 0 Å². The van der Waals surface area contributed by atoms with Crippen LogP contribution in [0.15, 0.2) is 24.3 Å². The van der Waals surface area contributed by atoms with Gasteiger partial charge in [-0.05, 0) is 36.5 Å². The number of phenolic OH excluding ortho intramolecular Hbond substituents is 1. The van der Waals surface area contributed by atoms with Gasteiger partial charge in [-0.25, -0.2) is 0 Å². The number of carbonyl (C=O) groups is 1. The van der Waals surface area contributed by atoms with Crippen molar-refractivity contribution in [2.45, 2.75) is 19.4 Å². The summed E-state index contributed by atoms with van der Waals surface area (Å²) in [7, 11) is 0. The number of fused-ring (bicyclic) bond motifs is 2. The average Bonchev–Trinajstić information content (AvgIpc) is 2.22. The summed E-state index contributed by atoms with van der Waals surface area (Å²) in [6.07, 6.45) is 2.20. The molecule has 84 valence electrons. The van der Waals surface area contributed by atoms with E-state index >= 15 is 0 Å². The summed E-state index contributed by atoms with van der Waals surface area (Å²) in [5.74, 6) is 1.63. The number of phenols is 1. The maximum atomic E-state index is 11.9. The average molecular weight is 217 g/mol. The lowest BCUT2D eigenvalue weighted by Crippen LogP contribution is -2.52. The highest BCUT2D eigenvalue weighted by Crippen LogP contribution is 2.40. The lowest BCUT2D eigenvalue weighted by molar-refractivity contribution is -0.149. The number of piperidine rings is 2. The van der Waals surface area contributed by atoms with Crippen LogP contribution in [0.25, 0.3) is 0 Å². The molecular formula is C13H15NO2. The summed E-state index contributed by atoms with van der Waals surface area (Å²) in [6.45, 7) is 1.60. The molecule has 0 atom stereocenters. The Hall–Kier alpha value is -1.51. The van der Waals surface area contributed by atoms with Crippen molar-refractivity contribution < 1.29 is 9.90 Å². The first-order valence-electron chi connectivity index (χ1n) is 5.79. The van der Waals surface area contributed by atoms with Gasteiger partial charge in [0.1, 0.15) is 5.75 Å². The zero-order chi connectivity index (χ0) is 11.1. The van der Waals surface area contributed by atoms with Crippen molar-refractivity contribution in [3.8, 4) is 5.75 Å². The van der Waals surface area contributed by atoms with Gasteiger partial charge in [0.25, 0.3) is 0 Å². The zero-order valence-electron chi connectivity index (χ0n) is 9.10. The molecule has 1 N–H and O–H groups in total. The third-order valence-corrected chi connectivity index (χ3v) is 3.68. The molecule has 2 saturated heterocycles. The van der Waals surface area contributed by atoms with Crippen molar-refractivity contribution >= 4 is 5.91 Å². The minimum Gasteiger partial charge on any atom is -0.508 e. The highest BCUT2D eigenvalue weighted by molar-refractivity contribution is 5.81. The second kappa shape index (κ2) is 3.51. The Bertz CT molecular complexity index is 406. The van der Waals surface area contributed by atoms with E-state index < -0.39 is 0 Å². The molecule has 2 bridgehead atoms. The fourth-order valence-corrected chi connectivity index (χ4v) is 2.71. The molecule has 2 heterocycles. The van der Waals surface area contributed by atoms with E-state index in [0.29, 0.717) is 18.4 Å². The Labute approximate surface area is 94.7 Å². The van der Waals surface area contributed by atoms with Gasteiger partial charge in [0.2, 0.25) is 5.91 Å². The predicted molar refractivity (Wildman–Crippen MR) is 59.7 cm³/mol. The third-order valence-electron chi connectivity index (χ3n) is 3.68. The van der Waals surface area contributed by atoms with Crippen molar-refractivity contribution in [2.24, 2.45) is 11.8 Å². The van der Waals surface area contributed by atoms with E-state index in [0.717, 1.165) is 30.9 Å². The minimum atomic E-state index is 0.275. The Morgan fingerprint density at radius 3 is 2.56 bits per heavy atom. The van der Waals surface area contributed by atoms with Crippen molar-refractivity contribution in [1.82, 2.24) is 4.90 Å². The fraction of sp³-hybridized carbons (Fsp3) is 0.462. The molecule has 0 spiro atoms. The minimum absolute atomic E-state index is 0.275. The highest BCUT2D eigenvalue weighted by atomic mass is 16.3. The summed E-state index contributed by atoms with van der Waals surface area (Å²) >= 11 is 0. The van der Waals surface area contributed by atoms with Crippen LogP contribution < -0.4 is 0 Å². The Morgan fingerprint density at radius 1 is 1.25 bits per heavy atom. The summed E-state index contributed by atoms with van der Waals surface area (Å²) in [5.41, 5.74) is 1.09. The van der Waals surface area contributed by atoms with Crippen LogP contribution in [0.5, 0.6) is 5.75 Å². The van der Waals surface area contributed by atoms with E-state index in [1.54, 1.807) is 12.1 Å². The van der Waals surface area contributed by atoms with E-state index in [1.165, 1.54) is 0 Å². The molecule has 4 rings (SSSR count). The smallest absolute Gasteiger partial charge is 0.226 e. The van der Waals surface area contributed by atoms with Crippen molar-refractivity contribution in [3.63, 3.8) is 0 Å². The number of amides is 1. The topological polar surface area (TPSA) is 40.5 Å². The second-order valence-electron chi connectivity index (χ2n) is 4.92. The molecule has 1 saturated carbocycles. The number of nitrogens with zero attached hydrogens (tertiary/aromatic N) is 1. The van der Waals surface area contributed by atoms with E-state index in [4.69, 9.17) is 0 Å². The largest absolute Gasteiger partial charge is 0.508 e. The second-order valence-corrected chi connectivity index (χ2v) is 4.92. The quantitative estimate of drug-likeness (QED) is 0.820. The van der Waals surface area contributed by atoms with Gasteiger partial charge in [0.05, 0.1) is 0 Å². The molecular weight excluding hydrogens is 202 g/mol. The van der Waals surface area contributed by atoms with Gasteiger partial charge in [-0.3, -0.25) is 4.79 Å². The standard InChI is InChI=1S/C13H15NO2/c15-12-3-1-9(2-4-12)7-14-8-10-5-11(6-10)13(14)16/h1-4,10-11,15H,5-8H2. The number of rotatable bonds is 2. The third kappa shape index (κ3) is 1.56. The van der Waals surface area contributed by atoms with Crippen LogP contribution in [0, 0.1) is 11.8 Å². The summed E-state index contributed by atoms with van der Waals surface area (Å²) in [5, 5.41) is 9.18. The van der Waals surface area contributed by atoms with E-state index in [2.05, 4.69) is 0 Å². The van der Waals surface area contributed by atoms with E-state index in [-0.39, 0.29) is 5.75 Å². The first-order chi connectivity index (χ1) is 7.72. The molecule has 1 aliphatic carbocycles. The van der Waals surface area contributed by atoms with E-state index in [1.807, 2.05) is 17.0 Å². The van der Waals surface area contributed by atoms with Crippen LogP contribution >= 0.6 is 0 Å². The Kier molecular flexibility index (Phi) is 2.13. The molecule has 1 aromatic carbocycles. The first kappa shape index (κ1) is 9.70. The molecule has 3 fully saturated rings. The van der Waals surface area contributed by atoms with Gasteiger partial charge in [-0.2, -0.15) is 0 Å². The van der Waals surface area contributed by atoms with Crippen LogP contribution in [-0.4, -0.2) is 22.5 Å². The summed E-state index contributed by atoms with van der Waals surface area (Å²) in [6, 6.07) is 7.10. The fourth-order valence-electron chi connectivity index (χ4n) is 2.71. The van der Waals surface area contributed by atoms with Crippen LogP contribution in [0.2, 0.25) is 0 Å². The predicted octanol–water partition coefficient (Wildman–Crippen LogP) is 1.76. The molecule has 3 heteroatoms. The normalized spacial score (nSPS) is 27.8. The molecule has 2 aliphatic heterocycles. The molecule has 0 aromatic heterocycles. The number of aromatic hydroxyl groups is 1. The Balaban J connectivity index is 1.70. The lowest BCUT2D eigenvalue weighted by atomic mass is 9.70. The monoisotopic (exact) mass is 217 g/mol. The molecule has 1 amide bonds. The summed E-state index contributed by atoms with van der Waals surface area (Å²) < 4.78 is 0. The number of carbonyl (C=O) groups excluding carboxylic acids is 1. The summed E-state index contributed by atoms with van der Waals surface area (Å²) in [4.78, 5) is 13.9. The van der Waals surface area contributed by atoms with Crippen LogP contribution in [-0.2, 0) is 11.3 Å². The maximum absolute atomic E-state index is 11.9. The van der Waals surface area contributed by atoms with Crippen molar-refractivity contribution in [2.75, 3.05) is 6.54 Å². The molecule has 3 aliphatic rings. The van der Waals surface area contributed by atoms with Crippen molar-refractivity contribution in [1.29, 1.82) is 0 Å². The van der Waals surface area contributed by atoms with Gasteiger partial charge in [-0.15, -0.1) is 0 Å². The molecule has 0 radical (unpaired) electrons.